The molecule has 3 rings (SSSR count). The fraction of sp³-hybridized carbons (Fsp3) is 0.222. The van der Waals surface area contributed by atoms with Gasteiger partial charge in [0.1, 0.15) is 11.3 Å². The average Bonchev–Trinajstić information content (AvgIpc) is 2.99. The van der Waals surface area contributed by atoms with E-state index in [1.54, 1.807) is 37.3 Å². The highest BCUT2D eigenvalue weighted by atomic mass is 16.5. The van der Waals surface area contributed by atoms with Crippen LogP contribution in [0.4, 0.5) is 5.69 Å². The van der Waals surface area contributed by atoms with Gasteiger partial charge in [0.15, 0.2) is 23.0 Å². The van der Waals surface area contributed by atoms with E-state index in [0.717, 1.165) is 0 Å². The molecule has 3 aromatic rings. The van der Waals surface area contributed by atoms with Crippen molar-refractivity contribution in [3.05, 3.63) is 41.8 Å². The second-order valence-electron chi connectivity index (χ2n) is 5.28. The molecule has 0 fully saturated rings. The minimum absolute atomic E-state index is 0.330. The number of hydrogen-bond donors (Lipinski definition) is 1. The van der Waals surface area contributed by atoms with Crippen molar-refractivity contribution in [3.63, 3.8) is 0 Å². The minimum Gasteiger partial charge on any atom is -0.496 e. The molecule has 1 N–H and O–H groups in total. The Morgan fingerprint density at radius 1 is 1.00 bits per heavy atom. The average molecular weight is 342 g/mol. The molecule has 2 aromatic carbocycles. The second kappa shape index (κ2) is 6.72. The third-order valence-electron chi connectivity index (χ3n) is 3.70. The van der Waals surface area contributed by atoms with E-state index in [1.807, 2.05) is 0 Å². The van der Waals surface area contributed by atoms with Gasteiger partial charge in [-0.05, 0) is 18.2 Å². The van der Waals surface area contributed by atoms with Gasteiger partial charge in [-0.1, -0.05) is 0 Å². The minimum atomic E-state index is -0.336. The van der Waals surface area contributed by atoms with Gasteiger partial charge in [-0.2, -0.15) is 0 Å². The van der Waals surface area contributed by atoms with E-state index in [-0.39, 0.29) is 5.91 Å². The fourth-order valence-corrected chi connectivity index (χ4v) is 2.53. The van der Waals surface area contributed by atoms with Crippen LogP contribution in [0.5, 0.6) is 17.2 Å². The molecule has 0 radical (unpaired) electrons. The van der Waals surface area contributed by atoms with E-state index >= 15 is 0 Å². The Labute approximate surface area is 144 Å². The van der Waals surface area contributed by atoms with Crippen LogP contribution in [0.2, 0.25) is 0 Å². The van der Waals surface area contributed by atoms with Gasteiger partial charge >= 0.3 is 0 Å². The highest BCUT2D eigenvalue weighted by Crippen LogP contribution is 2.35. The Morgan fingerprint density at radius 2 is 1.68 bits per heavy atom. The van der Waals surface area contributed by atoms with E-state index in [0.29, 0.717) is 45.5 Å². The number of carbonyl (C=O) groups is 1. The summed E-state index contributed by atoms with van der Waals surface area (Å²) in [5, 5.41) is 2.83. The van der Waals surface area contributed by atoms with E-state index in [1.165, 1.54) is 21.3 Å². The van der Waals surface area contributed by atoms with Crippen LogP contribution in [-0.4, -0.2) is 32.2 Å². The van der Waals surface area contributed by atoms with Crippen molar-refractivity contribution < 1.29 is 23.4 Å². The summed E-state index contributed by atoms with van der Waals surface area (Å²) in [4.78, 5) is 16.9. The zero-order valence-corrected chi connectivity index (χ0v) is 14.4. The summed E-state index contributed by atoms with van der Waals surface area (Å²) >= 11 is 0. The molecule has 0 atom stereocenters. The maximum atomic E-state index is 12.7. The summed E-state index contributed by atoms with van der Waals surface area (Å²) in [5.41, 5.74) is 2.27. The molecular weight excluding hydrogens is 324 g/mol. The maximum Gasteiger partial charge on any atom is 0.259 e. The lowest BCUT2D eigenvalue weighted by Crippen LogP contribution is -2.13. The Hall–Kier alpha value is -3.22. The van der Waals surface area contributed by atoms with E-state index < -0.39 is 0 Å². The van der Waals surface area contributed by atoms with E-state index in [2.05, 4.69) is 10.3 Å². The van der Waals surface area contributed by atoms with Gasteiger partial charge < -0.3 is 23.9 Å². The van der Waals surface area contributed by atoms with Crippen LogP contribution in [0, 0.1) is 6.92 Å². The number of oxazole rings is 1. The molecule has 0 saturated carbocycles. The summed E-state index contributed by atoms with van der Waals surface area (Å²) in [7, 11) is 4.52. The third kappa shape index (κ3) is 3.21. The number of hydrogen-bond acceptors (Lipinski definition) is 6. The normalized spacial score (nSPS) is 10.6. The number of rotatable bonds is 5. The first-order chi connectivity index (χ1) is 12.0. The smallest absolute Gasteiger partial charge is 0.259 e. The van der Waals surface area contributed by atoms with Crippen molar-refractivity contribution in [1.82, 2.24) is 4.98 Å². The monoisotopic (exact) mass is 342 g/mol. The lowest BCUT2D eigenvalue weighted by atomic mass is 10.1. The molecular formula is C18H18N2O5. The van der Waals surface area contributed by atoms with Crippen LogP contribution in [-0.2, 0) is 0 Å². The molecule has 130 valence electrons. The van der Waals surface area contributed by atoms with Crippen molar-refractivity contribution >= 4 is 22.7 Å². The Kier molecular flexibility index (Phi) is 4.47. The number of methoxy groups -OCH3 is 3. The highest BCUT2D eigenvalue weighted by molar-refractivity contribution is 6.07. The number of fused-ring (bicyclic) bond motifs is 1. The molecule has 0 aliphatic rings. The first kappa shape index (κ1) is 16.6. The summed E-state index contributed by atoms with van der Waals surface area (Å²) in [6.45, 7) is 1.77. The first-order valence-corrected chi connectivity index (χ1v) is 7.54. The fourth-order valence-electron chi connectivity index (χ4n) is 2.53. The highest BCUT2D eigenvalue weighted by Gasteiger charge is 2.18. The van der Waals surface area contributed by atoms with Crippen molar-refractivity contribution in [3.8, 4) is 17.2 Å². The van der Waals surface area contributed by atoms with Gasteiger partial charge in [0.05, 0.1) is 26.9 Å². The summed E-state index contributed by atoms with van der Waals surface area (Å²) in [6, 6.07) is 8.44. The Morgan fingerprint density at radius 3 is 2.36 bits per heavy atom. The topological polar surface area (TPSA) is 82.8 Å². The number of aryl methyl sites for hydroxylation is 1. The summed E-state index contributed by atoms with van der Waals surface area (Å²) in [5.74, 6) is 1.54. The van der Waals surface area contributed by atoms with Crippen molar-refractivity contribution in [2.24, 2.45) is 0 Å². The number of benzene rings is 2. The predicted molar refractivity (Wildman–Crippen MR) is 92.8 cm³/mol. The number of ether oxygens (including phenoxy) is 3. The van der Waals surface area contributed by atoms with Crippen molar-refractivity contribution in [2.75, 3.05) is 26.6 Å². The third-order valence-corrected chi connectivity index (χ3v) is 3.70. The molecule has 7 heteroatoms. The van der Waals surface area contributed by atoms with Gasteiger partial charge in [-0.3, -0.25) is 4.79 Å². The maximum absolute atomic E-state index is 12.7. The van der Waals surface area contributed by atoms with E-state index in [4.69, 9.17) is 18.6 Å². The number of nitrogens with zero attached hydrogens (tertiary/aromatic N) is 1. The zero-order valence-electron chi connectivity index (χ0n) is 14.4. The van der Waals surface area contributed by atoms with Crippen LogP contribution in [0.25, 0.3) is 11.1 Å². The number of aromatic nitrogens is 1. The molecule has 7 nitrogen and oxygen atoms in total. The van der Waals surface area contributed by atoms with Gasteiger partial charge in [0, 0.05) is 24.7 Å². The number of amides is 1. The predicted octanol–water partition coefficient (Wildman–Crippen LogP) is 3.41. The Bertz CT molecular complexity index is 933. The van der Waals surface area contributed by atoms with Gasteiger partial charge in [-0.25, -0.2) is 4.98 Å². The van der Waals surface area contributed by atoms with Gasteiger partial charge in [0.25, 0.3) is 5.91 Å². The zero-order chi connectivity index (χ0) is 18.0. The summed E-state index contributed by atoms with van der Waals surface area (Å²) < 4.78 is 21.2. The lowest BCUT2D eigenvalue weighted by molar-refractivity contribution is 0.102. The largest absolute Gasteiger partial charge is 0.496 e. The number of nitrogens with one attached hydrogen (secondary N) is 1. The quantitative estimate of drug-likeness (QED) is 0.765. The van der Waals surface area contributed by atoms with Crippen LogP contribution in [0.15, 0.2) is 34.7 Å². The SMILES string of the molecule is COc1cc(OC)c(C(=O)Nc2ccc3oc(C)nc3c2)cc1OC. The van der Waals surface area contributed by atoms with E-state index in [9.17, 15) is 4.79 Å². The standard InChI is InChI=1S/C18H18N2O5/c1-10-19-13-7-11(5-6-14(13)25-10)20-18(21)12-8-16(23-3)17(24-4)9-15(12)22-2/h5-9H,1-4H3,(H,20,21). The van der Waals surface area contributed by atoms with Crippen LogP contribution in [0.1, 0.15) is 16.2 Å². The van der Waals surface area contributed by atoms with Crippen molar-refractivity contribution in [2.45, 2.75) is 6.92 Å². The molecule has 1 amide bonds. The van der Waals surface area contributed by atoms with Crippen LogP contribution < -0.4 is 19.5 Å². The van der Waals surface area contributed by atoms with Crippen molar-refractivity contribution in [1.29, 1.82) is 0 Å². The lowest BCUT2D eigenvalue weighted by Gasteiger charge is -2.14. The van der Waals surface area contributed by atoms with Gasteiger partial charge in [-0.15, -0.1) is 0 Å². The molecule has 0 unspecified atom stereocenters. The molecule has 1 aromatic heterocycles. The molecule has 1 heterocycles. The number of anilines is 1. The molecule has 0 aliphatic carbocycles. The molecule has 0 saturated heterocycles. The van der Waals surface area contributed by atoms with Gasteiger partial charge in [0.2, 0.25) is 0 Å². The molecule has 0 aliphatic heterocycles. The first-order valence-electron chi connectivity index (χ1n) is 7.54. The second-order valence-corrected chi connectivity index (χ2v) is 5.28. The Balaban J connectivity index is 1.93. The molecule has 25 heavy (non-hydrogen) atoms. The van der Waals surface area contributed by atoms with Crippen LogP contribution in [0.3, 0.4) is 0 Å². The number of carbonyl (C=O) groups excluding carboxylic acids is 1. The summed E-state index contributed by atoms with van der Waals surface area (Å²) in [6.07, 6.45) is 0. The molecule has 0 spiro atoms. The van der Waals surface area contributed by atoms with Crippen LogP contribution >= 0.6 is 0 Å². The molecule has 0 bridgehead atoms.